The molecule has 0 radical (unpaired) electrons. The summed E-state index contributed by atoms with van der Waals surface area (Å²) in [5, 5.41) is 0. The third-order valence-corrected chi connectivity index (χ3v) is 3.52. The summed E-state index contributed by atoms with van der Waals surface area (Å²) in [6, 6.07) is 6.66. The second-order valence-electron chi connectivity index (χ2n) is 5.10. The van der Waals surface area contributed by atoms with E-state index in [1.54, 1.807) is 17.0 Å². The molecule has 1 saturated heterocycles. The zero-order valence-electron chi connectivity index (χ0n) is 11.9. The van der Waals surface area contributed by atoms with E-state index in [4.69, 9.17) is 4.74 Å². The first-order valence-electron chi connectivity index (χ1n) is 6.96. The van der Waals surface area contributed by atoms with Crippen LogP contribution >= 0.6 is 0 Å². The van der Waals surface area contributed by atoms with E-state index in [2.05, 4.69) is 9.97 Å². The topological polar surface area (TPSA) is 38.2 Å². The minimum absolute atomic E-state index is 0.00948. The van der Waals surface area contributed by atoms with Crippen LogP contribution < -0.4 is 4.90 Å². The van der Waals surface area contributed by atoms with Crippen molar-refractivity contribution < 1.29 is 22.3 Å². The van der Waals surface area contributed by atoms with Crippen molar-refractivity contribution in [2.45, 2.75) is 12.3 Å². The Labute approximate surface area is 129 Å². The van der Waals surface area contributed by atoms with E-state index in [0.717, 1.165) is 17.8 Å². The molecule has 8 heteroatoms. The molecule has 3 rings (SSSR count). The fourth-order valence-electron chi connectivity index (χ4n) is 2.37. The standard InChI is InChI=1S/C15H13F4N3O/c16-11-3-1-10(2-4-11)12-9-22(7-8-23-12)14-20-6-5-13(21-14)15(17,18)19/h1-6,12H,7-9H2/t12-/m1/s1. The van der Waals surface area contributed by atoms with Gasteiger partial charge in [0.1, 0.15) is 17.6 Å². The predicted molar refractivity (Wildman–Crippen MR) is 74.3 cm³/mol. The van der Waals surface area contributed by atoms with Crippen molar-refractivity contribution in [3.05, 3.63) is 53.6 Å². The molecule has 1 aliphatic rings. The molecular weight excluding hydrogens is 314 g/mol. The maximum Gasteiger partial charge on any atom is 0.433 e. The van der Waals surface area contributed by atoms with Gasteiger partial charge in [0, 0.05) is 12.7 Å². The van der Waals surface area contributed by atoms with Gasteiger partial charge in [0.15, 0.2) is 0 Å². The van der Waals surface area contributed by atoms with Gasteiger partial charge in [-0.2, -0.15) is 13.2 Å². The van der Waals surface area contributed by atoms with Crippen LogP contribution in [0.5, 0.6) is 0 Å². The predicted octanol–water partition coefficient (Wildman–Crippen LogP) is 3.21. The molecule has 0 unspecified atom stereocenters. The van der Waals surface area contributed by atoms with E-state index in [-0.39, 0.29) is 17.9 Å². The highest BCUT2D eigenvalue weighted by Crippen LogP contribution is 2.29. The fourth-order valence-corrected chi connectivity index (χ4v) is 2.37. The van der Waals surface area contributed by atoms with Crippen molar-refractivity contribution in [2.75, 3.05) is 24.6 Å². The van der Waals surface area contributed by atoms with Gasteiger partial charge in [0.2, 0.25) is 5.95 Å². The Kier molecular flexibility index (Phi) is 4.16. The zero-order chi connectivity index (χ0) is 16.4. The number of morpholine rings is 1. The van der Waals surface area contributed by atoms with Gasteiger partial charge >= 0.3 is 6.18 Å². The Balaban J connectivity index is 1.80. The van der Waals surface area contributed by atoms with Crippen molar-refractivity contribution in [2.24, 2.45) is 0 Å². The van der Waals surface area contributed by atoms with E-state index in [0.29, 0.717) is 19.7 Å². The monoisotopic (exact) mass is 327 g/mol. The van der Waals surface area contributed by atoms with Crippen molar-refractivity contribution in [1.82, 2.24) is 9.97 Å². The average Bonchev–Trinajstić information content (AvgIpc) is 2.55. The summed E-state index contributed by atoms with van der Waals surface area (Å²) in [5.74, 6) is -0.349. The molecule has 0 spiro atoms. The number of rotatable bonds is 2. The van der Waals surface area contributed by atoms with Crippen molar-refractivity contribution in [3.63, 3.8) is 0 Å². The Morgan fingerprint density at radius 1 is 1.13 bits per heavy atom. The summed E-state index contributed by atoms with van der Waals surface area (Å²) in [4.78, 5) is 9.13. The van der Waals surface area contributed by atoms with Gasteiger partial charge < -0.3 is 9.64 Å². The summed E-state index contributed by atoms with van der Waals surface area (Å²) in [6.07, 6.45) is -3.80. The number of halogens is 4. The molecule has 0 aliphatic carbocycles. The molecule has 23 heavy (non-hydrogen) atoms. The second-order valence-corrected chi connectivity index (χ2v) is 5.10. The van der Waals surface area contributed by atoms with Crippen LogP contribution in [-0.2, 0) is 10.9 Å². The molecule has 1 atom stereocenters. The lowest BCUT2D eigenvalue weighted by Crippen LogP contribution is -2.39. The molecule has 2 heterocycles. The molecule has 122 valence electrons. The molecule has 1 aliphatic heterocycles. The van der Waals surface area contributed by atoms with Gasteiger partial charge in [-0.05, 0) is 23.8 Å². The van der Waals surface area contributed by atoms with Crippen LogP contribution in [0.2, 0.25) is 0 Å². The van der Waals surface area contributed by atoms with Gasteiger partial charge in [0.05, 0.1) is 13.2 Å². The van der Waals surface area contributed by atoms with Gasteiger partial charge in [-0.1, -0.05) is 12.1 Å². The van der Waals surface area contributed by atoms with Crippen LogP contribution in [0.1, 0.15) is 17.4 Å². The van der Waals surface area contributed by atoms with Crippen molar-refractivity contribution in [3.8, 4) is 0 Å². The molecule has 1 aromatic carbocycles. The molecule has 1 fully saturated rings. The van der Waals surface area contributed by atoms with E-state index < -0.39 is 11.9 Å². The smallest absolute Gasteiger partial charge is 0.370 e. The number of ether oxygens (including phenoxy) is 1. The summed E-state index contributed by atoms with van der Waals surface area (Å²) in [6.45, 7) is 1.01. The largest absolute Gasteiger partial charge is 0.433 e. The Hall–Kier alpha value is -2.22. The molecule has 0 N–H and O–H groups in total. The van der Waals surface area contributed by atoms with Crippen LogP contribution in [0.4, 0.5) is 23.5 Å². The molecular formula is C15H13F4N3O. The van der Waals surface area contributed by atoms with Gasteiger partial charge in [-0.3, -0.25) is 0 Å². The van der Waals surface area contributed by atoms with Crippen molar-refractivity contribution in [1.29, 1.82) is 0 Å². The molecule has 0 amide bonds. The number of aromatic nitrogens is 2. The first kappa shape index (κ1) is 15.7. The van der Waals surface area contributed by atoms with Crippen LogP contribution in [-0.4, -0.2) is 29.7 Å². The molecule has 1 aromatic heterocycles. The second kappa shape index (κ2) is 6.11. The van der Waals surface area contributed by atoms with Crippen LogP contribution in [0.3, 0.4) is 0 Å². The highest BCUT2D eigenvalue weighted by atomic mass is 19.4. The Morgan fingerprint density at radius 3 is 2.57 bits per heavy atom. The van der Waals surface area contributed by atoms with Crippen molar-refractivity contribution >= 4 is 5.95 Å². The SMILES string of the molecule is Fc1ccc([C@H]2CN(c3nccc(C(F)(F)F)n3)CCO2)cc1. The maximum absolute atomic E-state index is 13.0. The summed E-state index contributed by atoms with van der Waals surface area (Å²) in [7, 11) is 0. The van der Waals surface area contributed by atoms with Crippen LogP contribution in [0.25, 0.3) is 0 Å². The first-order chi connectivity index (χ1) is 10.9. The average molecular weight is 327 g/mol. The first-order valence-corrected chi connectivity index (χ1v) is 6.96. The van der Waals surface area contributed by atoms with Gasteiger partial charge in [-0.15, -0.1) is 0 Å². The van der Waals surface area contributed by atoms with Crippen LogP contribution in [0.15, 0.2) is 36.5 Å². The van der Waals surface area contributed by atoms with Crippen LogP contribution in [0, 0.1) is 5.82 Å². The molecule has 0 bridgehead atoms. The number of benzene rings is 1. The van der Waals surface area contributed by atoms with Gasteiger partial charge in [-0.25, -0.2) is 14.4 Å². The maximum atomic E-state index is 13.0. The minimum atomic E-state index is -4.51. The van der Waals surface area contributed by atoms with E-state index in [1.165, 1.54) is 12.1 Å². The lowest BCUT2D eigenvalue weighted by atomic mass is 10.1. The lowest BCUT2D eigenvalue weighted by molar-refractivity contribution is -0.141. The molecule has 4 nitrogen and oxygen atoms in total. The summed E-state index contributed by atoms with van der Waals surface area (Å²) in [5.41, 5.74) is -0.226. The number of hydrogen-bond acceptors (Lipinski definition) is 4. The van der Waals surface area contributed by atoms with Gasteiger partial charge in [0.25, 0.3) is 0 Å². The summed E-state index contributed by atoms with van der Waals surface area (Å²) >= 11 is 0. The minimum Gasteiger partial charge on any atom is -0.370 e. The number of alkyl halides is 3. The third kappa shape index (κ3) is 3.58. The third-order valence-electron chi connectivity index (χ3n) is 3.52. The number of anilines is 1. The highest BCUT2D eigenvalue weighted by molar-refractivity contribution is 5.33. The normalized spacial score (nSPS) is 19.0. The fraction of sp³-hybridized carbons (Fsp3) is 0.333. The van der Waals surface area contributed by atoms with E-state index in [9.17, 15) is 17.6 Å². The molecule has 2 aromatic rings. The zero-order valence-corrected chi connectivity index (χ0v) is 11.9. The number of hydrogen-bond donors (Lipinski definition) is 0. The molecule has 0 saturated carbocycles. The lowest BCUT2D eigenvalue weighted by Gasteiger charge is -2.33. The summed E-state index contributed by atoms with van der Waals surface area (Å²) < 4.78 is 56.8. The van der Waals surface area contributed by atoms with E-state index >= 15 is 0 Å². The number of nitrogens with zero attached hydrogens (tertiary/aromatic N) is 3. The highest BCUT2D eigenvalue weighted by Gasteiger charge is 2.34. The quantitative estimate of drug-likeness (QED) is 0.794. The van der Waals surface area contributed by atoms with E-state index in [1.807, 2.05) is 0 Å². The Morgan fingerprint density at radius 2 is 1.87 bits per heavy atom. The Bertz CT molecular complexity index is 675.